The molecule has 0 fully saturated rings. The summed E-state index contributed by atoms with van der Waals surface area (Å²) in [7, 11) is 0. The fourth-order valence-electron chi connectivity index (χ4n) is 5.06. The third-order valence-electron chi connectivity index (χ3n) is 7.66. The van der Waals surface area contributed by atoms with Gasteiger partial charge in [-0.05, 0) is 57.2 Å². The molecule has 0 aliphatic heterocycles. The molecule has 256 valence electrons. The fraction of sp³-hybridized carbons (Fsp3) is 0.286. The summed E-state index contributed by atoms with van der Waals surface area (Å²) in [5.74, 6) is -0.225. The van der Waals surface area contributed by atoms with Crippen molar-refractivity contribution in [2.24, 2.45) is 0 Å². The van der Waals surface area contributed by atoms with Crippen molar-refractivity contribution < 1.29 is 28.5 Å². The van der Waals surface area contributed by atoms with Gasteiger partial charge in [0.15, 0.2) is 0 Å². The first-order valence-electron chi connectivity index (χ1n) is 16.7. The van der Waals surface area contributed by atoms with Crippen molar-refractivity contribution in [3.63, 3.8) is 0 Å². The van der Waals surface area contributed by atoms with Crippen LogP contribution in [0.25, 0.3) is 0 Å². The number of rotatable bonds is 18. The zero-order chi connectivity index (χ0) is 34.8. The molecule has 7 heteroatoms. The van der Waals surface area contributed by atoms with E-state index in [-0.39, 0.29) is 50.2 Å². The molecule has 0 saturated heterocycles. The standard InChI is InChI=1S/C42H47NO6/c1-5-47-42(45)41-38(26-37(48-29-35-20-11-7-12-21-35)27-39(41)49-30-36-22-13-8-14-23-36)43(28-34-18-9-6-10-19-34)40(44)31-46-25-24-33(4)17-15-16-32(2)3/h6-14,16,18-24,26-27H,5,15,17,25,28-31H2,1-4H3/b33-24+. The summed E-state index contributed by atoms with van der Waals surface area (Å²) in [4.78, 5) is 29.4. The van der Waals surface area contributed by atoms with E-state index >= 15 is 0 Å². The Labute approximate surface area is 290 Å². The van der Waals surface area contributed by atoms with Crippen LogP contribution < -0.4 is 14.4 Å². The van der Waals surface area contributed by atoms with Crippen LogP contribution in [-0.4, -0.2) is 31.7 Å². The lowest BCUT2D eigenvalue weighted by molar-refractivity contribution is -0.122. The van der Waals surface area contributed by atoms with Crippen molar-refractivity contribution in [3.8, 4) is 11.5 Å². The van der Waals surface area contributed by atoms with Gasteiger partial charge in [0.05, 0.1) is 25.4 Å². The largest absolute Gasteiger partial charge is 0.489 e. The SMILES string of the molecule is CCOC(=O)c1c(OCc2ccccc2)cc(OCc2ccccc2)cc1N(Cc1ccccc1)C(=O)COC/C=C(\C)CCC=C(C)C. The van der Waals surface area contributed by atoms with Gasteiger partial charge >= 0.3 is 5.97 Å². The Bertz CT molecular complexity index is 1680. The number of nitrogens with zero attached hydrogens (tertiary/aromatic N) is 1. The Morgan fingerprint density at radius 3 is 1.92 bits per heavy atom. The van der Waals surface area contributed by atoms with Gasteiger partial charge in [0.1, 0.15) is 36.9 Å². The second-order valence-corrected chi connectivity index (χ2v) is 11.9. The minimum absolute atomic E-state index is 0.143. The molecule has 0 aromatic heterocycles. The van der Waals surface area contributed by atoms with Crippen LogP contribution >= 0.6 is 0 Å². The van der Waals surface area contributed by atoms with E-state index in [4.69, 9.17) is 18.9 Å². The van der Waals surface area contributed by atoms with Crippen molar-refractivity contribution in [1.82, 2.24) is 0 Å². The number of benzene rings is 4. The minimum Gasteiger partial charge on any atom is -0.489 e. The maximum Gasteiger partial charge on any atom is 0.344 e. The molecule has 0 N–H and O–H groups in total. The lowest BCUT2D eigenvalue weighted by Crippen LogP contribution is -2.35. The van der Waals surface area contributed by atoms with Crippen LogP contribution in [0.15, 0.2) is 126 Å². The van der Waals surface area contributed by atoms with Gasteiger partial charge in [0.25, 0.3) is 5.91 Å². The number of anilines is 1. The zero-order valence-corrected chi connectivity index (χ0v) is 29.0. The Balaban J connectivity index is 1.71. The Morgan fingerprint density at radius 1 is 0.735 bits per heavy atom. The molecular formula is C42H47NO6. The van der Waals surface area contributed by atoms with Crippen molar-refractivity contribution in [3.05, 3.63) is 149 Å². The normalized spacial score (nSPS) is 11.1. The van der Waals surface area contributed by atoms with E-state index in [1.165, 1.54) is 11.1 Å². The van der Waals surface area contributed by atoms with Crippen LogP contribution in [0.1, 0.15) is 67.6 Å². The van der Waals surface area contributed by atoms with Crippen LogP contribution in [0.2, 0.25) is 0 Å². The molecule has 4 aromatic rings. The monoisotopic (exact) mass is 661 g/mol. The summed E-state index contributed by atoms with van der Waals surface area (Å²) in [5, 5.41) is 0. The number of carbonyl (C=O) groups is 2. The number of esters is 1. The molecule has 0 unspecified atom stereocenters. The van der Waals surface area contributed by atoms with E-state index in [9.17, 15) is 9.59 Å². The van der Waals surface area contributed by atoms with Gasteiger partial charge in [-0.3, -0.25) is 4.79 Å². The molecule has 0 radical (unpaired) electrons. The number of carbonyl (C=O) groups excluding carboxylic acids is 2. The van der Waals surface area contributed by atoms with Gasteiger partial charge in [-0.25, -0.2) is 4.79 Å². The highest BCUT2D eigenvalue weighted by molar-refractivity contribution is 6.05. The molecular weight excluding hydrogens is 614 g/mol. The first kappa shape index (κ1) is 36.7. The second-order valence-electron chi connectivity index (χ2n) is 11.9. The molecule has 0 aliphatic rings. The smallest absolute Gasteiger partial charge is 0.344 e. The maximum absolute atomic E-state index is 14.1. The van der Waals surface area contributed by atoms with Gasteiger partial charge in [0, 0.05) is 12.1 Å². The van der Waals surface area contributed by atoms with Crippen LogP contribution in [0.5, 0.6) is 11.5 Å². The van der Waals surface area contributed by atoms with Crippen LogP contribution in [0.4, 0.5) is 5.69 Å². The Hall–Kier alpha value is -5.14. The van der Waals surface area contributed by atoms with Crippen molar-refractivity contribution in [2.75, 3.05) is 24.7 Å². The zero-order valence-electron chi connectivity index (χ0n) is 29.0. The Morgan fingerprint density at radius 2 is 1.33 bits per heavy atom. The first-order chi connectivity index (χ1) is 23.8. The van der Waals surface area contributed by atoms with E-state index in [0.717, 1.165) is 29.5 Å². The fourth-order valence-corrected chi connectivity index (χ4v) is 5.06. The molecule has 0 aliphatic carbocycles. The lowest BCUT2D eigenvalue weighted by atomic mass is 10.1. The van der Waals surface area contributed by atoms with E-state index < -0.39 is 5.97 Å². The molecule has 0 bridgehead atoms. The number of amides is 1. The van der Waals surface area contributed by atoms with Gasteiger partial charge in [-0.15, -0.1) is 0 Å². The van der Waals surface area contributed by atoms with E-state index in [1.54, 1.807) is 24.0 Å². The summed E-state index contributed by atoms with van der Waals surface area (Å²) >= 11 is 0. The molecule has 0 spiro atoms. The van der Waals surface area contributed by atoms with E-state index in [1.807, 2.05) is 97.1 Å². The van der Waals surface area contributed by atoms with Gasteiger partial charge in [-0.1, -0.05) is 114 Å². The molecule has 0 atom stereocenters. The predicted octanol–water partition coefficient (Wildman–Crippen LogP) is 9.26. The highest BCUT2D eigenvalue weighted by Crippen LogP contribution is 2.37. The molecule has 49 heavy (non-hydrogen) atoms. The second kappa shape index (κ2) is 19.6. The molecule has 0 heterocycles. The molecule has 4 rings (SSSR count). The maximum atomic E-state index is 14.1. The van der Waals surface area contributed by atoms with Crippen molar-refractivity contribution in [2.45, 2.75) is 60.3 Å². The average Bonchev–Trinajstić information content (AvgIpc) is 3.11. The van der Waals surface area contributed by atoms with Gasteiger partial charge in [-0.2, -0.15) is 0 Å². The summed E-state index contributed by atoms with van der Waals surface area (Å²) in [6.07, 6.45) is 6.10. The van der Waals surface area contributed by atoms with Crippen molar-refractivity contribution in [1.29, 1.82) is 0 Å². The van der Waals surface area contributed by atoms with Crippen LogP contribution in [0, 0.1) is 0 Å². The molecule has 1 amide bonds. The minimum atomic E-state index is -0.600. The molecule has 7 nitrogen and oxygen atoms in total. The number of hydrogen-bond acceptors (Lipinski definition) is 6. The first-order valence-corrected chi connectivity index (χ1v) is 16.7. The van der Waals surface area contributed by atoms with E-state index in [0.29, 0.717) is 18.0 Å². The average molecular weight is 662 g/mol. The van der Waals surface area contributed by atoms with Crippen molar-refractivity contribution >= 4 is 17.6 Å². The summed E-state index contributed by atoms with van der Waals surface area (Å²) < 4.78 is 24.0. The summed E-state index contributed by atoms with van der Waals surface area (Å²) in [6.45, 7) is 8.91. The van der Waals surface area contributed by atoms with Crippen LogP contribution in [0.3, 0.4) is 0 Å². The highest BCUT2D eigenvalue weighted by atomic mass is 16.5. The quantitative estimate of drug-likeness (QED) is 0.0601. The van der Waals surface area contributed by atoms with Crippen LogP contribution in [-0.2, 0) is 34.0 Å². The Kier molecular flexibility index (Phi) is 14.7. The topological polar surface area (TPSA) is 74.3 Å². The highest BCUT2D eigenvalue weighted by Gasteiger charge is 2.28. The lowest BCUT2D eigenvalue weighted by Gasteiger charge is -2.27. The number of allylic oxidation sites excluding steroid dienone is 3. The number of hydrogen-bond donors (Lipinski definition) is 0. The number of ether oxygens (including phenoxy) is 4. The van der Waals surface area contributed by atoms with E-state index in [2.05, 4.69) is 26.8 Å². The molecule has 0 saturated carbocycles. The third kappa shape index (κ3) is 12.1. The third-order valence-corrected chi connectivity index (χ3v) is 7.66. The predicted molar refractivity (Wildman–Crippen MR) is 195 cm³/mol. The summed E-state index contributed by atoms with van der Waals surface area (Å²) in [6, 6.07) is 32.5. The van der Waals surface area contributed by atoms with Gasteiger partial charge < -0.3 is 23.8 Å². The van der Waals surface area contributed by atoms with Gasteiger partial charge in [0.2, 0.25) is 0 Å². The molecule has 4 aromatic carbocycles. The summed E-state index contributed by atoms with van der Waals surface area (Å²) in [5.41, 5.74) is 5.71.